The number of hydrogen-bond acceptors (Lipinski definition) is 5. The van der Waals surface area contributed by atoms with Crippen molar-refractivity contribution < 1.29 is 9.59 Å². The number of nitrogens with zero attached hydrogens (tertiary/aromatic N) is 3. The van der Waals surface area contributed by atoms with E-state index in [4.69, 9.17) is 17.3 Å². The molecule has 0 unspecified atom stereocenters. The van der Waals surface area contributed by atoms with Crippen molar-refractivity contribution in [3.05, 3.63) is 40.7 Å². The molecule has 1 aliphatic heterocycles. The highest BCUT2D eigenvalue weighted by Gasteiger charge is 2.23. The minimum absolute atomic E-state index is 0.0438. The Labute approximate surface area is 143 Å². The summed E-state index contributed by atoms with van der Waals surface area (Å²) >= 11 is 5.98. The van der Waals surface area contributed by atoms with Gasteiger partial charge in [0.1, 0.15) is 0 Å². The van der Waals surface area contributed by atoms with Gasteiger partial charge in [0.2, 0.25) is 17.7 Å². The lowest BCUT2D eigenvalue weighted by molar-refractivity contribution is -0.118. The first-order chi connectivity index (χ1) is 11.5. The molecule has 0 radical (unpaired) electrons. The van der Waals surface area contributed by atoms with E-state index >= 15 is 0 Å². The molecule has 8 nitrogen and oxygen atoms in total. The van der Waals surface area contributed by atoms with E-state index in [2.05, 4.69) is 20.7 Å². The van der Waals surface area contributed by atoms with Gasteiger partial charge in [-0.3, -0.25) is 9.59 Å². The maximum absolute atomic E-state index is 12.5. The first kappa shape index (κ1) is 16.3. The van der Waals surface area contributed by atoms with Crippen molar-refractivity contribution in [3.63, 3.8) is 0 Å². The number of rotatable bonds is 5. The van der Waals surface area contributed by atoms with Crippen molar-refractivity contribution in [1.82, 2.24) is 20.1 Å². The number of aromatic nitrogens is 3. The summed E-state index contributed by atoms with van der Waals surface area (Å²) in [6, 6.07) is 6.32. The third-order valence-electron chi connectivity index (χ3n) is 3.67. The van der Waals surface area contributed by atoms with Crippen molar-refractivity contribution >= 4 is 29.4 Å². The van der Waals surface area contributed by atoms with Crippen LogP contribution in [0.25, 0.3) is 0 Å². The molecule has 2 heterocycles. The van der Waals surface area contributed by atoms with E-state index in [1.54, 1.807) is 28.9 Å². The Bertz CT molecular complexity index is 752. The zero-order valence-electron chi connectivity index (χ0n) is 12.8. The number of halogens is 1. The number of hydrogen-bond donors (Lipinski definition) is 3. The number of nitrogens with two attached hydrogens (primary N) is 1. The predicted octanol–water partition coefficient (Wildman–Crippen LogP) is 1.09. The summed E-state index contributed by atoms with van der Waals surface area (Å²) < 4.78 is 1.65. The summed E-state index contributed by atoms with van der Waals surface area (Å²) in [7, 11) is 0. The van der Waals surface area contributed by atoms with E-state index in [1.165, 1.54) is 0 Å². The van der Waals surface area contributed by atoms with Gasteiger partial charge in [-0.1, -0.05) is 23.7 Å². The molecule has 1 aromatic carbocycles. The molecule has 0 aliphatic carbocycles. The Balaban J connectivity index is 1.80. The fourth-order valence-electron chi connectivity index (χ4n) is 2.55. The molecule has 0 spiro atoms. The van der Waals surface area contributed by atoms with Crippen LogP contribution >= 0.6 is 11.6 Å². The number of benzene rings is 1. The molecule has 126 valence electrons. The van der Waals surface area contributed by atoms with Crippen LogP contribution in [0.5, 0.6) is 0 Å². The number of anilines is 1. The molecule has 9 heteroatoms. The van der Waals surface area contributed by atoms with Crippen LogP contribution in [-0.2, 0) is 11.3 Å². The molecule has 24 heavy (non-hydrogen) atoms. The topological polar surface area (TPSA) is 115 Å². The molecule has 4 N–H and O–H groups in total. The van der Waals surface area contributed by atoms with Crippen molar-refractivity contribution in [2.45, 2.75) is 25.4 Å². The monoisotopic (exact) mass is 348 g/mol. The summed E-state index contributed by atoms with van der Waals surface area (Å²) in [6.45, 7) is 1.51. The Morgan fingerprint density at radius 2 is 2.29 bits per heavy atom. The third kappa shape index (κ3) is 3.65. The summed E-state index contributed by atoms with van der Waals surface area (Å²) in [4.78, 5) is 28.0. The van der Waals surface area contributed by atoms with Crippen LogP contribution in [0.3, 0.4) is 0 Å². The predicted molar refractivity (Wildman–Crippen MR) is 88.6 cm³/mol. The number of carbonyl (C=O) groups is 2. The van der Waals surface area contributed by atoms with E-state index < -0.39 is 17.9 Å². The molecule has 2 amide bonds. The number of fused-ring (bicyclic) bond motifs is 1. The van der Waals surface area contributed by atoms with Crippen LogP contribution in [-0.4, -0.2) is 33.1 Å². The fourth-order valence-corrected chi connectivity index (χ4v) is 2.75. The number of primary amides is 1. The van der Waals surface area contributed by atoms with Crippen LogP contribution < -0.4 is 16.4 Å². The zero-order valence-corrected chi connectivity index (χ0v) is 13.6. The van der Waals surface area contributed by atoms with Gasteiger partial charge in [0, 0.05) is 18.1 Å². The van der Waals surface area contributed by atoms with Gasteiger partial charge in [0.25, 0.3) is 5.91 Å². The molecule has 3 rings (SSSR count). The van der Waals surface area contributed by atoms with E-state index in [1.807, 2.05) is 0 Å². The van der Waals surface area contributed by atoms with Gasteiger partial charge in [0.15, 0.2) is 0 Å². The van der Waals surface area contributed by atoms with Crippen molar-refractivity contribution in [2.24, 2.45) is 5.73 Å². The molecule has 1 atom stereocenters. The largest absolute Gasteiger partial charge is 0.370 e. The molecule has 1 aromatic heterocycles. The molecule has 0 saturated heterocycles. The average Bonchev–Trinajstić information content (AvgIpc) is 2.98. The molecular formula is C15H17ClN6O2. The molecular weight excluding hydrogens is 332 g/mol. The third-order valence-corrected chi connectivity index (χ3v) is 3.90. The number of nitrogens with one attached hydrogen (secondary N) is 2. The van der Waals surface area contributed by atoms with Crippen LogP contribution in [0.15, 0.2) is 24.3 Å². The lowest BCUT2D eigenvalue weighted by Crippen LogP contribution is -2.32. The number of aryl methyl sites for hydroxylation is 1. The van der Waals surface area contributed by atoms with Crippen molar-refractivity contribution in [2.75, 3.05) is 11.9 Å². The smallest absolute Gasteiger partial charge is 0.291 e. The second kappa shape index (κ2) is 6.88. The highest BCUT2D eigenvalue weighted by Crippen LogP contribution is 2.21. The quantitative estimate of drug-likeness (QED) is 0.748. The van der Waals surface area contributed by atoms with Crippen LogP contribution in [0, 0.1) is 0 Å². The summed E-state index contributed by atoms with van der Waals surface area (Å²) in [5.41, 5.74) is 5.99. The Morgan fingerprint density at radius 1 is 1.46 bits per heavy atom. The zero-order chi connectivity index (χ0) is 17.1. The number of carbonyl (C=O) groups excluding carboxylic acids is 2. The summed E-state index contributed by atoms with van der Waals surface area (Å²) in [6.07, 6.45) is 0.877. The normalized spacial score (nSPS) is 14.4. The van der Waals surface area contributed by atoms with Gasteiger partial charge in [-0.05, 0) is 24.1 Å². The Morgan fingerprint density at radius 3 is 3.00 bits per heavy atom. The maximum Gasteiger partial charge on any atom is 0.291 e. The number of amides is 2. The van der Waals surface area contributed by atoms with E-state index in [-0.39, 0.29) is 12.2 Å². The highest BCUT2D eigenvalue weighted by atomic mass is 35.5. The second-order valence-corrected chi connectivity index (χ2v) is 5.95. The van der Waals surface area contributed by atoms with Crippen molar-refractivity contribution in [1.29, 1.82) is 0 Å². The van der Waals surface area contributed by atoms with E-state index in [0.717, 1.165) is 13.0 Å². The second-order valence-electron chi connectivity index (χ2n) is 5.51. The van der Waals surface area contributed by atoms with Gasteiger partial charge in [-0.15, -0.1) is 5.10 Å². The minimum atomic E-state index is -0.595. The Kier molecular flexibility index (Phi) is 4.66. The van der Waals surface area contributed by atoms with Gasteiger partial charge < -0.3 is 16.4 Å². The molecule has 0 fully saturated rings. The lowest BCUT2D eigenvalue weighted by atomic mass is 10.0. The van der Waals surface area contributed by atoms with E-state index in [0.29, 0.717) is 23.1 Å². The average molecular weight is 349 g/mol. The minimum Gasteiger partial charge on any atom is -0.370 e. The van der Waals surface area contributed by atoms with Gasteiger partial charge in [0.05, 0.1) is 12.5 Å². The Hall–Kier alpha value is -2.61. The van der Waals surface area contributed by atoms with Crippen molar-refractivity contribution in [3.8, 4) is 0 Å². The highest BCUT2D eigenvalue weighted by molar-refractivity contribution is 6.30. The first-order valence-corrected chi connectivity index (χ1v) is 7.94. The SMILES string of the molecule is NC(=O)C[C@@H](NC(=O)c1nc2n(n1)CCCN2)c1cccc(Cl)c1. The molecule has 0 saturated carbocycles. The van der Waals surface area contributed by atoms with E-state index in [9.17, 15) is 9.59 Å². The lowest BCUT2D eigenvalue weighted by Gasteiger charge is -2.17. The van der Waals surface area contributed by atoms with Gasteiger partial charge >= 0.3 is 0 Å². The molecule has 0 bridgehead atoms. The standard InChI is InChI=1S/C15H17ClN6O2/c16-10-4-1-3-9(7-10)11(8-12(17)23)19-14(24)13-20-15-18-5-2-6-22(15)21-13/h1,3-4,7,11H,2,5-6,8H2,(H2,17,23)(H,19,24)(H,18,20,21)/t11-/m1/s1. The molecule has 2 aromatic rings. The van der Waals surface area contributed by atoms with Gasteiger partial charge in [-0.25, -0.2) is 4.68 Å². The first-order valence-electron chi connectivity index (χ1n) is 7.56. The maximum atomic E-state index is 12.5. The fraction of sp³-hybridized carbons (Fsp3) is 0.333. The molecule has 1 aliphatic rings. The van der Waals surface area contributed by atoms with Crippen LogP contribution in [0.2, 0.25) is 5.02 Å². The summed E-state index contributed by atoms with van der Waals surface area (Å²) in [5, 5.41) is 10.5. The van der Waals surface area contributed by atoms with Crippen LogP contribution in [0.4, 0.5) is 5.95 Å². The van der Waals surface area contributed by atoms with Gasteiger partial charge in [-0.2, -0.15) is 4.98 Å². The summed E-state index contributed by atoms with van der Waals surface area (Å²) in [5.74, 6) is -0.375. The van der Waals surface area contributed by atoms with Crippen LogP contribution in [0.1, 0.15) is 35.1 Å².